The maximum absolute atomic E-state index is 4.31. The lowest BCUT2D eigenvalue weighted by Crippen LogP contribution is -2.18. The van der Waals surface area contributed by atoms with Gasteiger partial charge in [-0.2, -0.15) is 0 Å². The molecule has 90 valence electrons. The summed E-state index contributed by atoms with van der Waals surface area (Å²) in [4.78, 5) is 0. The topological polar surface area (TPSA) is 42.7 Å². The van der Waals surface area contributed by atoms with Crippen LogP contribution in [0.25, 0.3) is 0 Å². The predicted octanol–water partition coefficient (Wildman–Crippen LogP) is 2.07. The first-order valence-electron chi connectivity index (χ1n) is 6.43. The van der Waals surface area contributed by atoms with Crippen molar-refractivity contribution in [3.63, 3.8) is 0 Å². The fourth-order valence-electron chi connectivity index (χ4n) is 2.25. The Morgan fingerprint density at radius 3 is 2.81 bits per heavy atom. The fraction of sp³-hybridized carbons (Fsp3) is 0.833. The van der Waals surface area contributed by atoms with Crippen LogP contribution < -0.4 is 5.32 Å². The van der Waals surface area contributed by atoms with Gasteiger partial charge < -0.3 is 5.32 Å². The third-order valence-electron chi connectivity index (χ3n) is 3.41. The first-order chi connectivity index (χ1) is 7.86. The zero-order valence-electron chi connectivity index (χ0n) is 10.4. The number of rotatable bonds is 6. The molecule has 0 aromatic carbocycles. The van der Waals surface area contributed by atoms with Crippen LogP contribution in [0.3, 0.4) is 0 Å². The van der Waals surface area contributed by atoms with Gasteiger partial charge in [-0.25, -0.2) is 4.68 Å². The summed E-state index contributed by atoms with van der Waals surface area (Å²) in [7, 11) is 1.97. The van der Waals surface area contributed by atoms with Crippen LogP contribution in [0.15, 0.2) is 0 Å². The summed E-state index contributed by atoms with van der Waals surface area (Å²) >= 11 is 0. The summed E-state index contributed by atoms with van der Waals surface area (Å²) in [5.41, 5.74) is 2.55. The van der Waals surface area contributed by atoms with Gasteiger partial charge in [0.05, 0.1) is 11.4 Å². The monoisotopic (exact) mass is 222 g/mol. The van der Waals surface area contributed by atoms with E-state index in [0.717, 1.165) is 24.7 Å². The number of nitrogens with one attached hydrogen (secondary N) is 1. The molecular formula is C12H22N4. The van der Waals surface area contributed by atoms with E-state index in [0.29, 0.717) is 0 Å². The third kappa shape index (κ3) is 2.26. The average Bonchev–Trinajstić information content (AvgIpc) is 2.58. The molecule has 0 saturated heterocycles. The molecule has 1 aromatic rings. The van der Waals surface area contributed by atoms with Gasteiger partial charge >= 0.3 is 0 Å². The molecule has 0 spiro atoms. The van der Waals surface area contributed by atoms with Crippen LogP contribution in [0.1, 0.15) is 56.3 Å². The van der Waals surface area contributed by atoms with Crippen molar-refractivity contribution in [2.45, 2.75) is 58.0 Å². The standard InChI is InChI=1S/C12H22N4/c1-3-4-8-16-12(10-6-5-7-10)11(9-13-2)14-15-16/h10,13H,3-9H2,1-2H3. The van der Waals surface area contributed by atoms with Gasteiger partial charge in [0.25, 0.3) is 0 Å². The molecule has 4 heteroatoms. The van der Waals surface area contributed by atoms with E-state index in [-0.39, 0.29) is 0 Å². The second-order valence-corrected chi connectivity index (χ2v) is 4.66. The van der Waals surface area contributed by atoms with Crippen molar-refractivity contribution in [3.05, 3.63) is 11.4 Å². The molecule has 1 heterocycles. The molecular weight excluding hydrogens is 200 g/mol. The van der Waals surface area contributed by atoms with Crippen LogP contribution in [0.5, 0.6) is 0 Å². The van der Waals surface area contributed by atoms with Crippen molar-refractivity contribution >= 4 is 0 Å². The highest BCUT2D eigenvalue weighted by molar-refractivity contribution is 5.18. The molecule has 0 radical (unpaired) electrons. The average molecular weight is 222 g/mol. The zero-order valence-corrected chi connectivity index (χ0v) is 10.4. The van der Waals surface area contributed by atoms with Crippen molar-refractivity contribution < 1.29 is 0 Å². The molecule has 4 nitrogen and oxygen atoms in total. The molecule has 2 rings (SSSR count). The summed E-state index contributed by atoms with van der Waals surface area (Å²) in [5, 5.41) is 11.8. The van der Waals surface area contributed by atoms with E-state index < -0.39 is 0 Å². The Balaban J connectivity index is 2.15. The number of hydrogen-bond donors (Lipinski definition) is 1. The van der Waals surface area contributed by atoms with E-state index in [4.69, 9.17) is 0 Å². The predicted molar refractivity (Wildman–Crippen MR) is 64.3 cm³/mol. The van der Waals surface area contributed by atoms with Crippen LogP contribution >= 0.6 is 0 Å². The number of aromatic nitrogens is 3. The smallest absolute Gasteiger partial charge is 0.0999 e. The lowest BCUT2D eigenvalue weighted by Gasteiger charge is -2.26. The van der Waals surface area contributed by atoms with Gasteiger partial charge in [-0.15, -0.1) is 5.10 Å². The van der Waals surface area contributed by atoms with Crippen LogP contribution in [0.4, 0.5) is 0 Å². The van der Waals surface area contributed by atoms with Crippen molar-refractivity contribution in [2.24, 2.45) is 0 Å². The highest BCUT2D eigenvalue weighted by Gasteiger charge is 2.26. The third-order valence-corrected chi connectivity index (χ3v) is 3.41. The number of aryl methyl sites for hydroxylation is 1. The van der Waals surface area contributed by atoms with Crippen LogP contribution in [0.2, 0.25) is 0 Å². The molecule has 1 aliphatic carbocycles. The van der Waals surface area contributed by atoms with Crippen molar-refractivity contribution in [1.82, 2.24) is 20.3 Å². The Bertz CT molecular complexity index is 328. The fourth-order valence-corrected chi connectivity index (χ4v) is 2.25. The van der Waals surface area contributed by atoms with E-state index in [1.165, 1.54) is 37.8 Å². The largest absolute Gasteiger partial charge is 0.314 e. The lowest BCUT2D eigenvalue weighted by atomic mass is 9.82. The number of unbranched alkanes of at least 4 members (excludes halogenated alkanes) is 1. The van der Waals surface area contributed by atoms with E-state index in [1.807, 2.05) is 7.05 Å². The van der Waals surface area contributed by atoms with E-state index in [2.05, 4.69) is 27.2 Å². The zero-order chi connectivity index (χ0) is 11.4. The normalized spacial score (nSPS) is 16.4. The highest BCUT2D eigenvalue weighted by Crippen LogP contribution is 2.37. The van der Waals surface area contributed by atoms with E-state index in [1.54, 1.807) is 0 Å². The van der Waals surface area contributed by atoms with Crippen LogP contribution in [-0.2, 0) is 13.1 Å². The molecule has 16 heavy (non-hydrogen) atoms. The van der Waals surface area contributed by atoms with Crippen molar-refractivity contribution in [3.8, 4) is 0 Å². The van der Waals surface area contributed by atoms with Gasteiger partial charge in [0.1, 0.15) is 0 Å². The van der Waals surface area contributed by atoms with Crippen LogP contribution in [0, 0.1) is 0 Å². The number of hydrogen-bond acceptors (Lipinski definition) is 3. The Morgan fingerprint density at radius 1 is 1.44 bits per heavy atom. The summed E-state index contributed by atoms with van der Waals surface area (Å²) in [6.45, 7) is 4.09. The first-order valence-corrected chi connectivity index (χ1v) is 6.43. The summed E-state index contributed by atoms with van der Waals surface area (Å²) in [6.07, 6.45) is 6.41. The van der Waals surface area contributed by atoms with Gasteiger partial charge in [-0.05, 0) is 26.3 Å². The minimum absolute atomic E-state index is 0.718. The summed E-state index contributed by atoms with van der Waals surface area (Å²) < 4.78 is 2.14. The molecule has 1 saturated carbocycles. The second-order valence-electron chi connectivity index (χ2n) is 4.66. The highest BCUT2D eigenvalue weighted by atomic mass is 15.4. The van der Waals surface area contributed by atoms with Gasteiger partial charge in [-0.1, -0.05) is 25.0 Å². The maximum Gasteiger partial charge on any atom is 0.0999 e. The van der Waals surface area contributed by atoms with Crippen molar-refractivity contribution in [2.75, 3.05) is 7.05 Å². The minimum atomic E-state index is 0.718. The lowest BCUT2D eigenvalue weighted by molar-refractivity contribution is 0.381. The Morgan fingerprint density at radius 2 is 2.25 bits per heavy atom. The van der Waals surface area contributed by atoms with Crippen LogP contribution in [-0.4, -0.2) is 22.0 Å². The molecule has 1 N–H and O–H groups in total. The minimum Gasteiger partial charge on any atom is -0.314 e. The maximum atomic E-state index is 4.31. The SMILES string of the molecule is CCCCn1nnc(CNC)c1C1CCC1. The number of nitrogens with zero attached hydrogens (tertiary/aromatic N) is 3. The first kappa shape index (κ1) is 11.6. The molecule has 1 aromatic heterocycles. The molecule has 1 aliphatic rings. The van der Waals surface area contributed by atoms with E-state index >= 15 is 0 Å². The van der Waals surface area contributed by atoms with Gasteiger partial charge in [0, 0.05) is 19.0 Å². The molecule has 0 amide bonds. The summed E-state index contributed by atoms with van der Waals surface area (Å²) in [6, 6.07) is 0. The van der Waals surface area contributed by atoms with E-state index in [9.17, 15) is 0 Å². The quantitative estimate of drug-likeness (QED) is 0.801. The van der Waals surface area contributed by atoms with Gasteiger partial charge in [-0.3, -0.25) is 0 Å². The molecule has 0 atom stereocenters. The molecule has 0 unspecified atom stereocenters. The van der Waals surface area contributed by atoms with Crippen molar-refractivity contribution in [1.29, 1.82) is 0 Å². The Hall–Kier alpha value is -0.900. The molecule has 0 bridgehead atoms. The Kier molecular flexibility index (Phi) is 3.93. The summed E-state index contributed by atoms with van der Waals surface area (Å²) in [5.74, 6) is 0.718. The van der Waals surface area contributed by atoms with Gasteiger partial charge in [0.2, 0.25) is 0 Å². The second kappa shape index (κ2) is 5.43. The Labute approximate surface area is 97.4 Å². The molecule has 1 fully saturated rings. The van der Waals surface area contributed by atoms with Gasteiger partial charge in [0.15, 0.2) is 0 Å². The molecule has 0 aliphatic heterocycles.